The molecule has 21 heavy (non-hydrogen) atoms. The lowest BCUT2D eigenvalue weighted by atomic mass is 10.0. The zero-order valence-corrected chi connectivity index (χ0v) is 13.2. The second-order valence-corrected chi connectivity index (χ2v) is 6.32. The quantitative estimate of drug-likeness (QED) is 0.870. The van der Waals surface area contributed by atoms with Crippen LogP contribution in [-0.4, -0.2) is 16.6 Å². The van der Waals surface area contributed by atoms with Crippen molar-refractivity contribution in [2.24, 2.45) is 0 Å². The average molecular weight is 322 g/mol. The van der Waals surface area contributed by atoms with E-state index >= 15 is 0 Å². The minimum Gasteiger partial charge on any atom is -0.506 e. The predicted molar refractivity (Wildman–Crippen MR) is 87.0 cm³/mol. The van der Waals surface area contributed by atoms with Crippen LogP contribution in [0.25, 0.3) is 0 Å². The van der Waals surface area contributed by atoms with Gasteiger partial charge in [0.1, 0.15) is 5.75 Å². The highest BCUT2D eigenvalue weighted by molar-refractivity contribution is 6.35. The Kier molecular flexibility index (Phi) is 4.39. The molecule has 1 aliphatic rings. The van der Waals surface area contributed by atoms with Gasteiger partial charge in [0, 0.05) is 23.7 Å². The fourth-order valence-corrected chi connectivity index (χ4v) is 3.42. The highest BCUT2D eigenvalue weighted by atomic mass is 35.5. The minimum absolute atomic E-state index is 0.138. The normalized spacial score (nSPS) is 15.5. The van der Waals surface area contributed by atoms with E-state index in [1.807, 2.05) is 0 Å². The molecule has 0 aliphatic carbocycles. The van der Waals surface area contributed by atoms with Crippen molar-refractivity contribution in [3.8, 4) is 5.75 Å². The first-order valence-electron chi connectivity index (χ1n) is 7.09. The lowest BCUT2D eigenvalue weighted by Gasteiger charge is -2.21. The van der Waals surface area contributed by atoms with Gasteiger partial charge >= 0.3 is 0 Å². The first-order valence-corrected chi connectivity index (χ1v) is 7.85. The van der Waals surface area contributed by atoms with Gasteiger partial charge in [0.15, 0.2) is 0 Å². The third kappa shape index (κ3) is 3.34. The number of benzene rings is 2. The molecule has 1 N–H and O–H groups in total. The Hall–Kier alpha value is -1.22. The minimum atomic E-state index is 0.138. The molecule has 0 fully saturated rings. The SMILES string of the molecule is Oc1c(Cl)cc(Cl)cc1CN1CCCc2ccccc2C1. The lowest BCUT2D eigenvalue weighted by molar-refractivity contribution is 0.257. The number of rotatable bonds is 2. The molecule has 3 rings (SSSR count). The lowest BCUT2D eigenvalue weighted by Crippen LogP contribution is -2.22. The van der Waals surface area contributed by atoms with Crippen LogP contribution in [0.15, 0.2) is 36.4 Å². The molecule has 2 nitrogen and oxygen atoms in total. The van der Waals surface area contributed by atoms with E-state index in [4.69, 9.17) is 23.2 Å². The average Bonchev–Trinajstić information content (AvgIpc) is 2.66. The Balaban J connectivity index is 1.83. The summed E-state index contributed by atoms with van der Waals surface area (Å²) in [6.07, 6.45) is 2.22. The molecule has 0 saturated carbocycles. The topological polar surface area (TPSA) is 23.5 Å². The molecule has 2 aromatic rings. The summed E-state index contributed by atoms with van der Waals surface area (Å²) >= 11 is 12.0. The van der Waals surface area contributed by atoms with Gasteiger partial charge in [0.25, 0.3) is 0 Å². The van der Waals surface area contributed by atoms with Crippen LogP contribution in [0.3, 0.4) is 0 Å². The van der Waals surface area contributed by atoms with Gasteiger partial charge in [-0.25, -0.2) is 0 Å². The number of hydrogen-bond donors (Lipinski definition) is 1. The van der Waals surface area contributed by atoms with Gasteiger partial charge in [-0.1, -0.05) is 47.5 Å². The zero-order chi connectivity index (χ0) is 14.8. The van der Waals surface area contributed by atoms with E-state index in [0.29, 0.717) is 16.6 Å². The summed E-state index contributed by atoms with van der Waals surface area (Å²) in [6.45, 7) is 2.54. The van der Waals surface area contributed by atoms with E-state index in [0.717, 1.165) is 31.5 Å². The highest BCUT2D eigenvalue weighted by Gasteiger charge is 2.16. The van der Waals surface area contributed by atoms with Gasteiger partial charge in [-0.2, -0.15) is 0 Å². The molecule has 0 aromatic heterocycles. The summed E-state index contributed by atoms with van der Waals surface area (Å²) in [7, 11) is 0. The summed E-state index contributed by atoms with van der Waals surface area (Å²) in [5.41, 5.74) is 3.57. The number of phenolic OH excluding ortho intramolecular Hbond substituents is 1. The van der Waals surface area contributed by atoms with Crippen LogP contribution in [0, 0.1) is 0 Å². The third-order valence-electron chi connectivity index (χ3n) is 3.93. The first-order chi connectivity index (χ1) is 10.1. The highest BCUT2D eigenvalue weighted by Crippen LogP contribution is 2.32. The number of phenols is 1. The number of nitrogens with zero attached hydrogens (tertiary/aromatic N) is 1. The van der Waals surface area contributed by atoms with Gasteiger partial charge in [-0.15, -0.1) is 0 Å². The van der Waals surface area contributed by atoms with Crippen molar-refractivity contribution < 1.29 is 5.11 Å². The Morgan fingerprint density at radius 2 is 1.86 bits per heavy atom. The van der Waals surface area contributed by atoms with Gasteiger partial charge in [-0.05, 0) is 42.6 Å². The van der Waals surface area contributed by atoms with Crippen LogP contribution < -0.4 is 0 Å². The zero-order valence-electron chi connectivity index (χ0n) is 11.6. The third-order valence-corrected chi connectivity index (χ3v) is 4.44. The van der Waals surface area contributed by atoms with Crippen LogP contribution in [0.4, 0.5) is 0 Å². The largest absolute Gasteiger partial charge is 0.506 e. The Labute approximate surface area is 134 Å². The van der Waals surface area contributed by atoms with Crippen LogP contribution in [0.2, 0.25) is 10.0 Å². The monoisotopic (exact) mass is 321 g/mol. The molecule has 2 aromatic carbocycles. The second kappa shape index (κ2) is 6.27. The molecule has 4 heteroatoms. The van der Waals surface area contributed by atoms with Crippen molar-refractivity contribution in [1.29, 1.82) is 0 Å². The second-order valence-electron chi connectivity index (χ2n) is 5.48. The van der Waals surface area contributed by atoms with Crippen molar-refractivity contribution >= 4 is 23.2 Å². The maximum absolute atomic E-state index is 10.1. The summed E-state index contributed by atoms with van der Waals surface area (Å²) in [5, 5.41) is 11.0. The maximum atomic E-state index is 10.1. The van der Waals surface area contributed by atoms with Crippen LogP contribution >= 0.6 is 23.2 Å². The molecular weight excluding hydrogens is 305 g/mol. The van der Waals surface area contributed by atoms with E-state index in [9.17, 15) is 5.11 Å². The van der Waals surface area contributed by atoms with E-state index < -0.39 is 0 Å². The fraction of sp³-hybridized carbons (Fsp3) is 0.294. The van der Waals surface area contributed by atoms with Crippen molar-refractivity contribution in [2.75, 3.05) is 6.54 Å². The molecule has 0 amide bonds. The van der Waals surface area contributed by atoms with E-state index in [2.05, 4.69) is 29.2 Å². The van der Waals surface area contributed by atoms with Crippen LogP contribution in [0.1, 0.15) is 23.1 Å². The van der Waals surface area contributed by atoms with Gasteiger partial charge in [-0.3, -0.25) is 4.90 Å². The van der Waals surface area contributed by atoms with Gasteiger partial charge in [0.2, 0.25) is 0 Å². The molecule has 1 aliphatic heterocycles. The Morgan fingerprint density at radius 1 is 1.10 bits per heavy atom. The molecule has 0 spiro atoms. The summed E-state index contributed by atoms with van der Waals surface area (Å²) < 4.78 is 0. The fourth-order valence-electron chi connectivity index (χ4n) is 2.88. The first kappa shape index (κ1) is 14.7. The smallest absolute Gasteiger partial charge is 0.138 e. The van der Waals surface area contributed by atoms with E-state index in [1.54, 1.807) is 12.1 Å². The number of aromatic hydroxyl groups is 1. The molecule has 0 radical (unpaired) electrons. The molecule has 110 valence electrons. The summed E-state index contributed by atoms with van der Waals surface area (Å²) in [5.74, 6) is 0.138. The molecule has 0 saturated heterocycles. The standard InChI is InChI=1S/C17H17Cl2NO/c18-15-8-14(17(21)16(19)9-15)11-20-7-3-6-12-4-1-2-5-13(12)10-20/h1-2,4-5,8-9,21H,3,6-7,10-11H2. The van der Waals surface area contributed by atoms with Crippen molar-refractivity contribution in [2.45, 2.75) is 25.9 Å². The number of halogens is 2. The number of fused-ring (bicyclic) bond motifs is 1. The molecular formula is C17H17Cl2NO. The molecule has 0 atom stereocenters. The van der Waals surface area contributed by atoms with Gasteiger partial charge in [0.05, 0.1) is 5.02 Å². The molecule has 0 bridgehead atoms. The van der Waals surface area contributed by atoms with Crippen LogP contribution in [-0.2, 0) is 19.5 Å². The predicted octanol–water partition coefficient (Wildman–Crippen LogP) is 4.65. The van der Waals surface area contributed by atoms with E-state index in [1.165, 1.54) is 11.1 Å². The Bertz CT molecular complexity index is 657. The molecule has 1 heterocycles. The molecule has 0 unspecified atom stereocenters. The summed E-state index contributed by atoms with van der Waals surface area (Å²) in [6, 6.07) is 11.9. The maximum Gasteiger partial charge on any atom is 0.138 e. The summed E-state index contributed by atoms with van der Waals surface area (Å²) in [4.78, 5) is 2.33. The van der Waals surface area contributed by atoms with Gasteiger partial charge < -0.3 is 5.11 Å². The van der Waals surface area contributed by atoms with Crippen molar-refractivity contribution in [3.05, 3.63) is 63.1 Å². The number of aryl methyl sites for hydroxylation is 1. The number of hydrogen-bond acceptors (Lipinski definition) is 2. The van der Waals surface area contributed by atoms with Crippen LogP contribution in [0.5, 0.6) is 5.75 Å². The Morgan fingerprint density at radius 3 is 2.67 bits per heavy atom. The van der Waals surface area contributed by atoms with Crippen molar-refractivity contribution in [1.82, 2.24) is 4.90 Å². The van der Waals surface area contributed by atoms with Crippen molar-refractivity contribution in [3.63, 3.8) is 0 Å². The van der Waals surface area contributed by atoms with E-state index in [-0.39, 0.29) is 5.75 Å².